The van der Waals surface area contributed by atoms with Crippen LogP contribution < -0.4 is 27.4 Å². The number of nitrogens with two attached hydrogens (primary N) is 2. The summed E-state index contributed by atoms with van der Waals surface area (Å²) in [6.07, 6.45) is 6.64. The van der Waals surface area contributed by atoms with Gasteiger partial charge in [-0.2, -0.15) is 0 Å². The molecular weight excluding hydrogens is 542 g/mol. The first-order valence-electron chi connectivity index (χ1n) is 14.7. The van der Waals surface area contributed by atoms with E-state index in [1.54, 1.807) is 34.9 Å². The number of nitrogens with one attached hydrogen (secondary N) is 3. The molecule has 0 aromatic carbocycles. The zero-order valence-corrected chi connectivity index (χ0v) is 27.5. The lowest BCUT2D eigenvalue weighted by atomic mass is 9.85. The average molecular weight is 600 g/mol. The molecule has 0 spiro atoms. The summed E-state index contributed by atoms with van der Waals surface area (Å²) >= 11 is 0. The molecule has 13 nitrogen and oxygen atoms in total. The highest BCUT2D eigenvalue weighted by Crippen LogP contribution is 2.26. The first kappa shape index (κ1) is 40.9. The number of ketones is 1. The molecule has 2 rings (SSSR count). The lowest BCUT2D eigenvalue weighted by Gasteiger charge is -2.35. The number of carbonyl (C=O) groups is 6. The van der Waals surface area contributed by atoms with Gasteiger partial charge in [0.25, 0.3) is 5.91 Å². The van der Waals surface area contributed by atoms with E-state index in [0.717, 1.165) is 5.92 Å². The second-order valence-electron chi connectivity index (χ2n) is 11.8. The minimum absolute atomic E-state index is 0.232. The summed E-state index contributed by atoms with van der Waals surface area (Å²) in [6.45, 7) is 13.3. The molecule has 3 unspecified atom stereocenters. The number of likely N-dealkylation sites (N-methyl/N-ethyl adjacent to an activating group) is 1. The summed E-state index contributed by atoms with van der Waals surface area (Å²) in [7, 11) is 4.61. The molecule has 0 aromatic rings. The predicted octanol–water partition coefficient (Wildman–Crippen LogP) is 1.14. The van der Waals surface area contributed by atoms with Gasteiger partial charge in [0.1, 0.15) is 12.1 Å². The molecule has 6 amide bonds. The summed E-state index contributed by atoms with van der Waals surface area (Å²) in [4.78, 5) is 75.4. The van der Waals surface area contributed by atoms with Gasteiger partial charge in [-0.3, -0.25) is 24.0 Å². The number of hydrogen-bond acceptors (Lipinski definition) is 7. The van der Waals surface area contributed by atoms with Crippen LogP contribution >= 0.6 is 0 Å². The monoisotopic (exact) mass is 599 g/mol. The van der Waals surface area contributed by atoms with Crippen LogP contribution in [-0.4, -0.2) is 97.6 Å². The van der Waals surface area contributed by atoms with Crippen LogP contribution in [-0.2, 0) is 24.0 Å². The highest BCUT2D eigenvalue weighted by molar-refractivity contribution is 6.37. The van der Waals surface area contributed by atoms with Gasteiger partial charge >= 0.3 is 6.03 Å². The zero-order valence-electron chi connectivity index (χ0n) is 27.5. The Labute approximate surface area is 252 Å². The highest BCUT2D eigenvalue weighted by atomic mass is 16.2. The molecule has 1 heterocycles. The second kappa shape index (κ2) is 20.6. The number of urea groups is 1. The molecular formula is C29H57N7O6. The van der Waals surface area contributed by atoms with Crippen LogP contribution in [0.15, 0.2) is 0 Å². The van der Waals surface area contributed by atoms with Crippen molar-refractivity contribution in [1.82, 2.24) is 25.8 Å². The molecule has 0 aromatic heterocycles. The van der Waals surface area contributed by atoms with Gasteiger partial charge < -0.3 is 37.2 Å². The smallest absolute Gasteiger partial charge is 0.315 e. The number of Topliss-reactive ketones (excluding diaryl/α,β-unsaturated/α-hetero) is 1. The van der Waals surface area contributed by atoms with Crippen LogP contribution in [0, 0.1) is 11.3 Å². The number of likely N-dealkylation sites (tertiary alicyclic amines) is 1. The molecule has 1 aliphatic carbocycles. The number of amides is 6. The number of rotatable bonds is 8. The van der Waals surface area contributed by atoms with Crippen LogP contribution in [0.5, 0.6) is 0 Å². The Morgan fingerprint density at radius 2 is 1.45 bits per heavy atom. The van der Waals surface area contributed by atoms with Crippen molar-refractivity contribution in [3.63, 3.8) is 0 Å². The van der Waals surface area contributed by atoms with Crippen LogP contribution in [0.2, 0.25) is 0 Å². The topological polar surface area (TPSA) is 197 Å². The van der Waals surface area contributed by atoms with E-state index in [2.05, 4.69) is 42.5 Å². The van der Waals surface area contributed by atoms with Crippen molar-refractivity contribution >= 4 is 35.4 Å². The molecule has 244 valence electrons. The average Bonchev–Trinajstić information content (AvgIpc) is 3.39. The molecule has 1 saturated heterocycles. The summed E-state index contributed by atoms with van der Waals surface area (Å²) in [5.74, 6) is -2.38. The first-order chi connectivity index (χ1) is 19.5. The summed E-state index contributed by atoms with van der Waals surface area (Å²) in [6, 6.07) is -3.63. The Morgan fingerprint density at radius 1 is 0.952 bits per heavy atom. The molecule has 2 aliphatic rings. The quantitative estimate of drug-likeness (QED) is 0.258. The number of nitrogens with zero attached hydrogens (tertiary/aromatic N) is 2. The Morgan fingerprint density at radius 3 is 1.83 bits per heavy atom. The first-order valence-corrected chi connectivity index (χ1v) is 14.7. The predicted molar refractivity (Wildman–Crippen MR) is 164 cm³/mol. The van der Waals surface area contributed by atoms with Gasteiger partial charge in [-0.15, -0.1) is 0 Å². The fraction of sp³-hybridized carbons (Fsp3) is 0.793. The standard InChI is InChI=1S/C20H34N6O6.C5H10.C3H8.CH5N/c1-11(14(28)16(21)29)23-17(30)12-8-7-9-26(12)18(31)15(20(2,3)4)24-19(32)22-10-13(27)25(5)6;1-5-3-2-4-5;1-3-2;1-2/h11-12,15H,7-10H2,1-6H3,(H2,21,29)(H,23,30)(H2,22,24,32);5H,2-4H2,1H3;3H2,1-2H3;2H2,1H3. The fourth-order valence-corrected chi connectivity index (χ4v) is 3.81. The highest BCUT2D eigenvalue weighted by Gasteiger charge is 2.42. The Bertz CT molecular complexity index is 884. The normalized spacial score (nSPS) is 17.1. The molecule has 0 radical (unpaired) electrons. The molecule has 2 fully saturated rings. The zero-order chi connectivity index (χ0) is 33.2. The molecule has 13 heteroatoms. The maximum atomic E-state index is 13.3. The van der Waals surface area contributed by atoms with Crippen molar-refractivity contribution in [3.05, 3.63) is 0 Å². The van der Waals surface area contributed by atoms with E-state index in [4.69, 9.17) is 5.73 Å². The van der Waals surface area contributed by atoms with E-state index < -0.39 is 53.1 Å². The molecule has 0 bridgehead atoms. The van der Waals surface area contributed by atoms with E-state index in [1.165, 1.54) is 49.5 Å². The van der Waals surface area contributed by atoms with Gasteiger partial charge in [0.15, 0.2) is 0 Å². The van der Waals surface area contributed by atoms with Gasteiger partial charge in [-0.25, -0.2) is 4.79 Å². The summed E-state index contributed by atoms with van der Waals surface area (Å²) in [5.41, 5.74) is 8.77. The number of carbonyl (C=O) groups excluding carboxylic acids is 6. The lowest BCUT2D eigenvalue weighted by molar-refractivity contribution is -0.143. The maximum Gasteiger partial charge on any atom is 0.315 e. The fourth-order valence-electron chi connectivity index (χ4n) is 3.81. The van der Waals surface area contributed by atoms with Crippen molar-refractivity contribution in [2.24, 2.45) is 22.8 Å². The third kappa shape index (κ3) is 15.1. The van der Waals surface area contributed by atoms with Gasteiger partial charge in [-0.1, -0.05) is 67.2 Å². The Kier molecular flexibility index (Phi) is 20.1. The molecule has 1 aliphatic heterocycles. The van der Waals surface area contributed by atoms with Crippen LogP contribution in [0.1, 0.15) is 87.0 Å². The second-order valence-corrected chi connectivity index (χ2v) is 11.8. The van der Waals surface area contributed by atoms with E-state index in [0.29, 0.717) is 19.4 Å². The van der Waals surface area contributed by atoms with E-state index in [1.807, 2.05) is 0 Å². The van der Waals surface area contributed by atoms with Crippen molar-refractivity contribution in [2.75, 3.05) is 34.2 Å². The Balaban J connectivity index is 0. The molecule has 1 saturated carbocycles. The van der Waals surface area contributed by atoms with Crippen molar-refractivity contribution in [1.29, 1.82) is 0 Å². The van der Waals surface area contributed by atoms with Crippen molar-refractivity contribution in [2.45, 2.75) is 105 Å². The van der Waals surface area contributed by atoms with Crippen molar-refractivity contribution in [3.8, 4) is 0 Å². The van der Waals surface area contributed by atoms with Crippen LogP contribution in [0.25, 0.3) is 0 Å². The van der Waals surface area contributed by atoms with Crippen molar-refractivity contribution < 1.29 is 28.8 Å². The third-order valence-corrected chi connectivity index (χ3v) is 6.51. The van der Waals surface area contributed by atoms with Gasteiger partial charge in [0, 0.05) is 20.6 Å². The lowest BCUT2D eigenvalue weighted by Crippen LogP contribution is -2.60. The van der Waals surface area contributed by atoms with Crippen LogP contribution in [0.4, 0.5) is 4.79 Å². The van der Waals surface area contributed by atoms with E-state index in [9.17, 15) is 28.8 Å². The molecule has 42 heavy (non-hydrogen) atoms. The van der Waals surface area contributed by atoms with Gasteiger partial charge in [-0.05, 0) is 38.1 Å². The van der Waals surface area contributed by atoms with E-state index in [-0.39, 0.29) is 12.5 Å². The van der Waals surface area contributed by atoms with Gasteiger partial charge in [0.05, 0.1) is 12.6 Å². The number of hydrogen-bond donors (Lipinski definition) is 5. The van der Waals surface area contributed by atoms with Crippen LogP contribution in [0.3, 0.4) is 0 Å². The maximum absolute atomic E-state index is 13.3. The molecule has 3 atom stereocenters. The minimum atomic E-state index is -1.16. The largest absolute Gasteiger partial charge is 0.363 e. The summed E-state index contributed by atoms with van der Waals surface area (Å²) in [5, 5.41) is 7.45. The third-order valence-electron chi connectivity index (χ3n) is 6.51. The van der Waals surface area contributed by atoms with E-state index >= 15 is 0 Å². The number of primary amides is 1. The minimum Gasteiger partial charge on any atom is -0.363 e. The summed E-state index contributed by atoms with van der Waals surface area (Å²) < 4.78 is 0. The van der Waals surface area contributed by atoms with Gasteiger partial charge in [0.2, 0.25) is 23.5 Å². The SMILES string of the molecule is CC(NC(=O)C1CCCN1C(=O)C(NC(=O)NCC(=O)N(C)C)C(C)(C)C)C(=O)C(N)=O.CC1CCC1.CCC.CN. The Hall–Kier alpha value is -3.22. The molecule has 7 N–H and O–H groups in total.